The van der Waals surface area contributed by atoms with Crippen molar-refractivity contribution in [2.45, 2.75) is 26.7 Å². The highest BCUT2D eigenvalue weighted by Crippen LogP contribution is 2.19. The number of hydrogen-bond donors (Lipinski definition) is 0. The highest BCUT2D eigenvalue weighted by Gasteiger charge is 2.14. The van der Waals surface area contributed by atoms with Crippen LogP contribution in [0.25, 0.3) is 0 Å². The molecule has 16 heavy (non-hydrogen) atoms. The Morgan fingerprint density at radius 3 is 2.31 bits per heavy atom. The van der Waals surface area contributed by atoms with Gasteiger partial charge in [-0.2, -0.15) is 5.26 Å². The highest BCUT2D eigenvalue weighted by atomic mass is 16.5. The number of esters is 1. The lowest BCUT2D eigenvalue weighted by Gasteiger charge is -2.09. The fraction of sp³-hybridized carbons (Fsp3) is 0.385. The molecular weight excluding hydrogens is 202 g/mol. The Hall–Kier alpha value is -1.82. The molecule has 0 saturated heterocycles. The molecule has 1 rings (SSSR count). The Bertz CT molecular complexity index is 444. The van der Waals surface area contributed by atoms with Gasteiger partial charge in [0.05, 0.1) is 18.2 Å². The highest BCUT2D eigenvalue weighted by molar-refractivity contribution is 5.92. The Kier molecular flexibility index (Phi) is 4.07. The first-order chi connectivity index (χ1) is 7.67. The van der Waals surface area contributed by atoms with E-state index in [2.05, 4.69) is 4.74 Å². The number of carbonyl (C=O) groups is 1. The first-order valence-corrected chi connectivity index (χ1v) is 5.32. The summed E-state index contributed by atoms with van der Waals surface area (Å²) in [5.41, 5.74) is 2.97. The summed E-state index contributed by atoms with van der Waals surface area (Å²) in [5.74, 6) is -0.450. The predicted octanol–water partition coefficient (Wildman–Crippen LogP) is 2.47. The Labute approximate surface area is 95.7 Å². The van der Waals surface area contributed by atoms with Crippen LogP contribution in [0.4, 0.5) is 0 Å². The number of carbonyl (C=O) groups excluding carboxylic acids is 1. The number of nitriles is 1. The van der Waals surface area contributed by atoms with Crippen LogP contribution in [0.5, 0.6) is 0 Å². The number of rotatable bonds is 3. The Balaban J connectivity index is 3.39. The summed E-state index contributed by atoms with van der Waals surface area (Å²) in [4.78, 5) is 11.5. The average Bonchev–Trinajstić information content (AvgIpc) is 2.35. The van der Waals surface area contributed by atoms with Crippen molar-refractivity contribution in [1.29, 1.82) is 5.26 Å². The number of ether oxygens (including phenoxy) is 1. The van der Waals surface area contributed by atoms with Gasteiger partial charge >= 0.3 is 5.97 Å². The van der Waals surface area contributed by atoms with Gasteiger partial charge in [0, 0.05) is 0 Å². The molecular formula is C13H15NO2. The molecule has 0 heterocycles. The van der Waals surface area contributed by atoms with Crippen molar-refractivity contribution in [3.05, 3.63) is 34.4 Å². The van der Waals surface area contributed by atoms with Crippen molar-refractivity contribution in [3.8, 4) is 6.07 Å². The minimum Gasteiger partial charge on any atom is -0.465 e. The van der Waals surface area contributed by atoms with Gasteiger partial charge in [-0.05, 0) is 36.1 Å². The topological polar surface area (TPSA) is 50.1 Å². The minimum absolute atomic E-state index is 0.360. The number of hydrogen-bond acceptors (Lipinski definition) is 3. The summed E-state index contributed by atoms with van der Waals surface area (Å²) in [6.07, 6.45) is 1.71. The second-order valence-electron chi connectivity index (χ2n) is 3.48. The molecule has 0 spiro atoms. The van der Waals surface area contributed by atoms with Gasteiger partial charge in [-0.1, -0.05) is 13.8 Å². The molecule has 0 N–H and O–H groups in total. The Morgan fingerprint density at radius 2 is 1.88 bits per heavy atom. The van der Waals surface area contributed by atoms with Gasteiger partial charge in [0.15, 0.2) is 0 Å². The third kappa shape index (κ3) is 2.22. The molecule has 1 aromatic carbocycles. The van der Waals surface area contributed by atoms with Crippen molar-refractivity contribution in [2.24, 2.45) is 0 Å². The Morgan fingerprint density at radius 1 is 1.31 bits per heavy atom. The molecule has 0 radical (unpaired) electrons. The molecule has 0 aliphatic carbocycles. The number of benzene rings is 1. The van der Waals surface area contributed by atoms with Crippen LogP contribution in [0.15, 0.2) is 12.1 Å². The minimum atomic E-state index is -0.450. The van der Waals surface area contributed by atoms with Gasteiger partial charge in [0.2, 0.25) is 0 Å². The van der Waals surface area contributed by atoms with E-state index in [0.717, 1.165) is 24.0 Å². The molecule has 0 aromatic heterocycles. The first kappa shape index (κ1) is 12.3. The molecule has 0 saturated carbocycles. The molecule has 0 aliphatic heterocycles. The zero-order valence-corrected chi connectivity index (χ0v) is 9.83. The van der Waals surface area contributed by atoms with E-state index in [1.54, 1.807) is 12.1 Å². The third-order valence-electron chi connectivity index (χ3n) is 2.63. The van der Waals surface area contributed by atoms with Crippen LogP contribution in [0, 0.1) is 11.3 Å². The normalized spacial score (nSPS) is 9.62. The van der Waals surface area contributed by atoms with Crippen LogP contribution in [0.1, 0.15) is 40.9 Å². The summed E-state index contributed by atoms with van der Waals surface area (Å²) >= 11 is 0. The van der Waals surface area contributed by atoms with Gasteiger partial charge < -0.3 is 4.74 Å². The number of methoxy groups -OCH3 is 1. The van der Waals surface area contributed by atoms with Gasteiger partial charge in [-0.3, -0.25) is 0 Å². The lowest BCUT2D eigenvalue weighted by Crippen LogP contribution is -2.07. The molecule has 0 aliphatic rings. The number of nitrogens with zero attached hydrogens (tertiary/aromatic N) is 1. The lowest BCUT2D eigenvalue weighted by molar-refractivity contribution is 0.0600. The molecule has 0 bridgehead atoms. The SMILES string of the molecule is CCc1cc(C#N)c(C(=O)OC)cc1CC. The molecule has 0 atom stereocenters. The first-order valence-electron chi connectivity index (χ1n) is 5.32. The van der Waals surface area contributed by atoms with Crippen LogP contribution in [-0.4, -0.2) is 13.1 Å². The van der Waals surface area contributed by atoms with Gasteiger partial charge in [0.25, 0.3) is 0 Å². The zero-order chi connectivity index (χ0) is 12.1. The smallest absolute Gasteiger partial charge is 0.339 e. The second-order valence-corrected chi connectivity index (χ2v) is 3.48. The standard InChI is InChI=1S/C13H15NO2/c1-4-9-6-11(8-14)12(13(15)16-3)7-10(9)5-2/h6-7H,4-5H2,1-3H3. The summed E-state index contributed by atoms with van der Waals surface area (Å²) in [7, 11) is 1.32. The molecule has 84 valence electrons. The van der Waals surface area contributed by atoms with E-state index in [1.165, 1.54) is 7.11 Å². The van der Waals surface area contributed by atoms with Crippen molar-refractivity contribution in [2.75, 3.05) is 7.11 Å². The maximum absolute atomic E-state index is 11.5. The van der Waals surface area contributed by atoms with Crippen molar-refractivity contribution >= 4 is 5.97 Å². The van der Waals surface area contributed by atoms with Crippen LogP contribution in [0.2, 0.25) is 0 Å². The third-order valence-corrected chi connectivity index (χ3v) is 2.63. The van der Waals surface area contributed by atoms with E-state index < -0.39 is 5.97 Å². The van der Waals surface area contributed by atoms with Crippen LogP contribution >= 0.6 is 0 Å². The van der Waals surface area contributed by atoms with E-state index in [1.807, 2.05) is 19.9 Å². The zero-order valence-electron chi connectivity index (χ0n) is 9.83. The summed E-state index contributed by atoms with van der Waals surface area (Å²) in [5, 5.41) is 8.99. The number of aryl methyl sites for hydroxylation is 2. The molecule has 1 aromatic rings. The van der Waals surface area contributed by atoms with Gasteiger partial charge in [-0.25, -0.2) is 4.79 Å². The fourth-order valence-electron chi connectivity index (χ4n) is 1.72. The van der Waals surface area contributed by atoms with Crippen molar-refractivity contribution in [3.63, 3.8) is 0 Å². The molecule has 3 nitrogen and oxygen atoms in total. The largest absolute Gasteiger partial charge is 0.465 e. The van der Waals surface area contributed by atoms with Crippen molar-refractivity contribution < 1.29 is 9.53 Å². The van der Waals surface area contributed by atoms with E-state index in [0.29, 0.717) is 11.1 Å². The van der Waals surface area contributed by atoms with Gasteiger partial charge in [0.1, 0.15) is 6.07 Å². The van der Waals surface area contributed by atoms with E-state index >= 15 is 0 Å². The summed E-state index contributed by atoms with van der Waals surface area (Å²) in [6, 6.07) is 5.59. The van der Waals surface area contributed by atoms with Crippen molar-refractivity contribution in [1.82, 2.24) is 0 Å². The summed E-state index contributed by atoms with van der Waals surface area (Å²) in [6.45, 7) is 4.06. The van der Waals surface area contributed by atoms with Crippen LogP contribution in [0.3, 0.4) is 0 Å². The maximum atomic E-state index is 11.5. The molecule has 0 fully saturated rings. The average molecular weight is 217 g/mol. The quantitative estimate of drug-likeness (QED) is 0.731. The van der Waals surface area contributed by atoms with E-state index in [9.17, 15) is 4.79 Å². The van der Waals surface area contributed by atoms with E-state index in [4.69, 9.17) is 5.26 Å². The molecule has 0 amide bonds. The lowest BCUT2D eigenvalue weighted by atomic mass is 9.96. The molecule has 0 unspecified atom stereocenters. The fourth-order valence-corrected chi connectivity index (χ4v) is 1.72. The van der Waals surface area contributed by atoms with E-state index in [-0.39, 0.29) is 0 Å². The second kappa shape index (κ2) is 5.32. The molecule has 3 heteroatoms. The monoisotopic (exact) mass is 217 g/mol. The van der Waals surface area contributed by atoms with Crippen LogP contribution < -0.4 is 0 Å². The van der Waals surface area contributed by atoms with Gasteiger partial charge in [-0.15, -0.1) is 0 Å². The summed E-state index contributed by atoms with van der Waals surface area (Å²) < 4.78 is 4.66. The van der Waals surface area contributed by atoms with Crippen LogP contribution in [-0.2, 0) is 17.6 Å². The predicted molar refractivity (Wildman–Crippen MR) is 61.3 cm³/mol. The maximum Gasteiger partial charge on any atom is 0.339 e.